The lowest BCUT2D eigenvalue weighted by Gasteiger charge is -2.40. The van der Waals surface area contributed by atoms with E-state index < -0.39 is 0 Å². The van der Waals surface area contributed by atoms with Gasteiger partial charge in [-0.05, 0) is 65.3 Å². The highest BCUT2D eigenvalue weighted by Crippen LogP contribution is 2.40. The van der Waals surface area contributed by atoms with Crippen molar-refractivity contribution in [2.24, 2.45) is 5.92 Å². The molecule has 3 fully saturated rings. The number of nitrogens with one attached hydrogen (secondary N) is 2. The molecule has 0 radical (unpaired) electrons. The molecule has 2 amide bonds. The fourth-order valence-corrected chi connectivity index (χ4v) is 4.71. The van der Waals surface area contributed by atoms with Gasteiger partial charge >= 0.3 is 0 Å². The second kappa shape index (κ2) is 8.23. The molecule has 4 rings (SSSR count). The average molecular weight is 389 g/mol. The Kier molecular flexibility index (Phi) is 5.71. The van der Waals surface area contributed by atoms with Crippen LogP contribution in [0.1, 0.15) is 80.5 Å². The van der Waals surface area contributed by atoms with Crippen LogP contribution in [0.3, 0.4) is 0 Å². The Hall–Kier alpha value is -1.89. The maximum absolute atomic E-state index is 13.0. The average Bonchev–Trinajstić information content (AvgIpc) is 3.44. The molecule has 2 heterocycles. The number of carbonyl (C=O) groups is 2. The summed E-state index contributed by atoms with van der Waals surface area (Å²) < 4.78 is 5.28. The van der Waals surface area contributed by atoms with Crippen molar-refractivity contribution in [2.75, 3.05) is 13.6 Å². The zero-order valence-corrected chi connectivity index (χ0v) is 16.9. The number of carbonyl (C=O) groups excluding carboxylic acids is 2. The molecule has 2 atom stereocenters. The van der Waals surface area contributed by atoms with Gasteiger partial charge in [0.05, 0.1) is 0 Å². The number of aromatic nitrogens is 1. The summed E-state index contributed by atoms with van der Waals surface area (Å²) in [7, 11) is 2.00. The highest BCUT2D eigenvalue weighted by Gasteiger charge is 2.35. The van der Waals surface area contributed by atoms with E-state index in [1.54, 1.807) is 6.07 Å². The summed E-state index contributed by atoms with van der Waals surface area (Å²) in [5.41, 5.74) is 0.370. The summed E-state index contributed by atoms with van der Waals surface area (Å²) in [6, 6.07) is 2.55. The predicted molar refractivity (Wildman–Crippen MR) is 105 cm³/mol. The molecule has 1 aromatic rings. The van der Waals surface area contributed by atoms with Gasteiger partial charge in [-0.15, -0.1) is 0 Å². The van der Waals surface area contributed by atoms with Gasteiger partial charge in [-0.3, -0.25) is 9.59 Å². The molecule has 7 nitrogen and oxygen atoms in total. The van der Waals surface area contributed by atoms with Crippen LogP contribution in [0.4, 0.5) is 0 Å². The monoisotopic (exact) mass is 388 g/mol. The fraction of sp³-hybridized carbons (Fsp3) is 0.762. The summed E-state index contributed by atoms with van der Waals surface area (Å²) in [4.78, 5) is 27.5. The van der Waals surface area contributed by atoms with Crippen LogP contribution in [0.25, 0.3) is 0 Å². The van der Waals surface area contributed by atoms with E-state index in [-0.39, 0.29) is 23.9 Å². The third-order valence-corrected chi connectivity index (χ3v) is 6.72. The predicted octanol–water partition coefficient (Wildman–Crippen LogP) is 2.44. The van der Waals surface area contributed by atoms with Crippen molar-refractivity contribution in [3.63, 3.8) is 0 Å². The Morgan fingerprint density at radius 1 is 1.11 bits per heavy atom. The normalized spacial score (nSPS) is 30.9. The van der Waals surface area contributed by atoms with Gasteiger partial charge in [-0.1, -0.05) is 5.16 Å². The summed E-state index contributed by atoms with van der Waals surface area (Å²) >= 11 is 0. The number of hydrogen-bond donors (Lipinski definition) is 2. The summed E-state index contributed by atoms with van der Waals surface area (Å²) in [6.45, 7) is 2.81. The zero-order chi connectivity index (χ0) is 19.7. The van der Waals surface area contributed by atoms with Crippen LogP contribution in [0.5, 0.6) is 0 Å². The molecule has 28 heavy (non-hydrogen) atoms. The number of amides is 2. The van der Waals surface area contributed by atoms with E-state index in [4.69, 9.17) is 4.52 Å². The van der Waals surface area contributed by atoms with Crippen LogP contribution >= 0.6 is 0 Å². The van der Waals surface area contributed by atoms with Crippen LogP contribution in [-0.4, -0.2) is 53.6 Å². The lowest BCUT2D eigenvalue weighted by Crippen LogP contribution is -2.52. The van der Waals surface area contributed by atoms with Gasteiger partial charge in [-0.25, -0.2) is 0 Å². The van der Waals surface area contributed by atoms with Crippen molar-refractivity contribution < 1.29 is 14.1 Å². The van der Waals surface area contributed by atoms with Crippen molar-refractivity contribution in [3.05, 3.63) is 17.5 Å². The number of nitrogens with zero attached hydrogens (tertiary/aromatic N) is 2. The van der Waals surface area contributed by atoms with E-state index >= 15 is 0 Å². The minimum absolute atomic E-state index is 0.0765. The van der Waals surface area contributed by atoms with Crippen molar-refractivity contribution in [3.8, 4) is 0 Å². The molecule has 154 valence electrons. The standard InChI is InChI=1S/C21H32N4O3/c1-13-11-17(23-20(26)18-12-19(28-24-18)14-3-4-14)9-10-25(13)21(27)15-5-7-16(22-2)8-6-15/h12-17,22H,3-11H2,1-2H3,(H,23,26)/t13-,15-,16-,17?/m0/s1. The minimum Gasteiger partial charge on any atom is -0.360 e. The second-order valence-corrected chi connectivity index (χ2v) is 8.80. The first kappa shape index (κ1) is 19.4. The third-order valence-electron chi connectivity index (χ3n) is 6.72. The summed E-state index contributed by atoms with van der Waals surface area (Å²) in [5, 5.41) is 10.3. The Balaban J connectivity index is 1.27. The molecule has 0 aromatic carbocycles. The Labute approximate surface area is 166 Å². The van der Waals surface area contributed by atoms with Crippen molar-refractivity contribution in [1.29, 1.82) is 0 Å². The van der Waals surface area contributed by atoms with Crippen molar-refractivity contribution in [2.45, 2.75) is 82.3 Å². The molecule has 1 unspecified atom stereocenters. The first-order valence-electron chi connectivity index (χ1n) is 10.8. The van der Waals surface area contributed by atoms with Crippen LogP contribution in [0.15, 0.2) is 10.6 Å². The first-order valence-corrected chi connectivity index (χ1v) is 10.8. The Bertz CT molecular complexity index is 706. The maximum atomic E-state index is 13.0. The first-order chi connectivity index (χ1) is 13.5. The van der Waals surface area contributed by atoms with Gasteiger partial charge in [-0.2, -0.15) is 0 Å². The largest absolute Gasteiger partial charge is 0.360 e. The SMILES string of the molecule is CN[C@H]1CC[C@H](C(=O)N2CCC(NC(=O)c3cc(C4CC4)on3)C[C@@H]2C)CC1. The molecule has 2 aliphatic carbocycles. The molecule has 3 aliphatic rings. The lowest BCUT2D eigenvalue weighted by molar-refractivity contribution is -0.140. The smallest absolute Gasteiger partial charge is 0.273 e. The number of rotatable bonds is 5. The highest BCUT2D eigenvalue weighted by atomic mass is 16.5. The Morgan fingerprint density at radius 3 is 2.50 bits per heavy atom. The van der Waals surface area contributed by atoms with Crippen molar-refractivity contribution >= 4 is 11.8 Å². The van der Waals surface area contributed by atoms with Crippen molar-refractivity contribution in [1.82, 2.24) is 20.7 Å². The quantitative estimate of drug-likeness (QED) is 0.809. The molecule has 1 aromatic heterocycles. The maximum Gasteiger partial charge on any atom is 0.273 e. The molecule has 1 aliphatic heterocycles. The minimum atomic E-state index is -0.169. The van der Waals surface area contributed by atoms with E-state index in [0.717, 1.165) is 57.1 Å². The zero-order valence-electron chi connectivity index (χ0n) is 16.9. The number of likely N-dealkylation sites (tertiary alicyclic amines) is 1. The molecule has 1 saturated heterocycles. The fourth-order valence-electron chi connectivity index (χ4n) is 4.71. The van der Waals surface area contributed by atoms with Gasteiger partial charge in [0.15, 0.2) is 5.69 Å². The molecular formula is C21H32N4O3. The molecule has 0 spiro atoms. The van der Waals surface area contributed by atoms with Gasteiger partial charge in [0.1, 0.15) is 5.76 Å². The third kappa shape index (κ3) is 4.24. The molecule has 2 N–H and O–H groups in total. The highest BCUT2D eigenvalue weighted by molar-refractivity contribution is 5.92. The van der Waals surface area contributed by atoms with Gasteiger partial charge in [0.25, 0.3) is 5.91 Å². The van der Waals surface area contributed by atoms with Crippen LogP contribution in [0, 0.1) is 5.92 Å². The molecule has 7 heteroatoms. The number of piperidine rings is 1. The topological polar surface area (TPSA) is 87.5 Å². The van der Waals surface area contributed by atoms with Gasteiger partial charge < -0.3 is 20.1 Å². The van der Waals surface area contributed by atoms with Gasteiger partial charge in [0, 0.05) is 42.6 Å². The molecule has 0 bridgehead atoms. The second-order valence-electron chi connectivity index (χ2n) is 8.80. The molecular weight excluding hydrogens is 356 g/mol. The van der Waals surface area contributed by atoms with Crippen LogP contribution in [-0.2, 0) is 4.79 Å². The van der Waals surface area contributed by atoms with Crippen LogP contribution < -0.4 is 10.6 Å². The molecule has 2 saturated carbocycles. The van der Waals surface area contributed by atoms with E-state index in [1.165, 1.54) is 0 Å². The summed E-state index contributed by atoms with van der Waals surface area (Å²) in [6.07, 6.45) is 7.93. The van der Waals surface area contributed by atoms with E-state index in [9.17, 15) is 9.59 Å². The summed E-state index contributed by atoms with van der Waals surface area (Å²) in [5.74, 6) is 1.57. The number of hydrogen-bond acceptors (Lipinski definition) is 5. The van der Waals surface area contributed by atoms with Gasteiger partial charge in [0.2, 0.25) is 5.91 Å². The van der Waals surface area contributed by atoms with Crippen LogP contribution in [0.2, 0.25) is 0 Å². The van der Waals surface area contributed by atoms with E-state index in [0.29, 0.717) is 30.1 Å². The van der Waals surface area contributed by atoms with E-state index in [1.807, 2.05) is 11.9 Å². The lowest BCUT2D eigenvalue weighted by atomic mass is 9.84. The van der Waals surface area contributed by atoms with E-state index in [2.05, 4.69) is 22.7 Å². The Morgan fingerprint density at radius 2 is 1.86 bits per heavy atom.